The largest absolute Gasteiger partial charge is 0.493 e. The molecule has 1 aromatic carbocycles. The third-order valence-electron chi connectivity index (χ3n) is 5.40. The van der Waals surface area contributed by atoms with Crippen molar-refractivity contribution in [3.8, 4) is 11.5 Å². The Labute approximate surface area is 194 Å². The van der Waals surface area contributed by atoms with Crippen molar-refractivity contribution in [2.75, 3.05) is 45.1 Å². The van der Waals surface area contributed by atoms with Crippen molar-refractivity contribution in [2.24, 2.45) is 0 Å². The highest BCUT2D eigenvalue weighted by Crippen LogP contribution is 2.34. The van der Waals surface area contributed by atoms with Gasteiger partial charge in [0.2, 0.25) is 10.3 Å². The lowest BCUT2D eigenvalue weighted by atomic mass is 9.94. The molecule has 3 heterocycles. The lowest BCUT2D eigenvalue weighted by Crippen LogP contribution is -2.38. The summed E-state index contributed by atoms with van der Waals surface area (Å²) in [4.78, 5) is 12.9. The number of hydrogen-bond acceptors (Lipinski definition) is 11. The molecule has 2 aromatic heterocycles. The van der Waals surface area contributed by atoms with Crippen LogP contribution in [0.3, 0.4) is 0 Å². The van der Waals surface area contributed by atoms with Crippen LogP contribution < -0.4 is 25.4 Å². The molecule has 0 saturated carbocycles. The van der Waals surface area contributed by atoms with E-state index in [9.17, 15) is 4.79 Å². The molecular weight excluding hydrogens is 446 g/mol. The Hall–Kier alpha value is -3.35. The standard InChI is InChI=1S/C21H25N7O4S/c1-30-14-7-6-13(11-15(14)31-2)17(32-3)18(29)24-19-27-28-20(33-19)25-21(8-10-22-12-21)16-5-4-9-23-26-16/h4-7,9,11,17,22H,8,10,12H2,1-3H3,(H,25,28)(H,24,27,29)/t17-,21?/m0/s1. The SMILES string of the molecule is COc1ccc([C@H](OC)C(=O)Nc2nnc(NC3(c4cccnn4)CCNC3)s2)cc1OC. The van der Waals surface area contributed by atoms with Crippen molar-refractivity contribution in [3.05, 3.63) is 47.8 Å². The molecular formula is C21H25N7O4S. The first-order valence-corrected chi connectivity index (χ1v) is 11.1. The Balaban J connectivity index is 1.48. The zero-order valence-corrected chi connectivity index (χ0v) is 19.3. The number of rotatable bonds is 9. The number of anilines is 2. The van der Waals surface area contributed by atoms with Crippen LogP contribution in [0.25, 0.3) is 0 Å². The predicted octanol–water partition coefficient (Wildman–Crippen LogP) is 1.97. The van der Waals surface area contributed by atoms with E-state index in [-0.39, 0.29) is 5.91 Å². The number of amides is 1. The monoisotopic (exact) mass is 471 g/mol. The van der Waals surface area contributed by atoms with Crippen LogP contribution in [-0.4, -0.2) is 60.7 Å². The summed E-state index contributed by atoms with van der Waals surface area (Å²) in [7, 11) is 4.55. The van der Waals surface area contributed by atoms with E-state index >= 15 is 0 Å². The Kier molecular flexibility index (Phi) is 6.96. The summed E-state index contributed by atoms with van der Waals surface area (Å²) < 4.78 is 16.0. The molecule has 1 aliphatic rings. The molecule has 1 fully saturated rings. The van der Waals surface area contributed by atoms with Gasteiger partial charge in [0.05, 0.1) is 25.5 Å². The van der Waals surface area contributed by atoms with Gasteiger partial charge in [0.25, 0.3) is 5.91 Å². The van der Waals surface area contributed by atoms with Crippen LogP contribution in [0, 0.1) is 0 Å². The topological polar surface area (TPSA) is 132 Å². The van der Waals surface area contributed by atoms with Crippen LogP contribution >= 0.6 is 11.3 Å². The van der Waals surface area contributed by atoms with E-state index in [4.69, 9.17) is 14.2 Å². The maximum atomic E-state index is 12.9. The van der Waals surface area contributed by atoms with Crippen LogP contribution in [-0.2, 0) is 15.1 Å². The van der Waals surface area contributed by atoms with Crippen molar-refractivity contribution >= 4 is 27.5 Å². The maximum Gasteiger partial charge on any atom is 0.259 e. The number of nitrogens with one attached hydrogen (secondary N) is 3. The van der Waals surface area contributed by atoms with Gasteiger partial charge < -0.3 is 24.8 Å². The third kappa shape index (κ3) is 4.87. The van der Waals surface area contributed by atoms with Gasteiger partial charge in [-0.25, -0.2) is 0 Å². The van der Waals surface area contributed by atoms with Gasteiger partial charge in [-0.1, -0.05) is 17.4 Å². The molecule has 0 bridgehead atoms. The average Bonchev–Trinajstić information content (AvgIpc) is 3.50. The van der Waals surface area contributed by atoms with Crippen LogP contribution in [0.15, 0.2) is 36.5 Å². The molecule has 0 aliphatic carbocycles. The van der Waals surface area contributed by atoms with Crippen LogP contribution in [0.2, 0.25) is 0 Å². The molecule has 1 saturated heterocycles. The number of benzene rings is 1. The zero-order chi connectivity index (χ0) is 23.3. The van der Waals surface area contributed by atoms with E-state index in [1.165, 1.54) is 25.6 Å². The molecule has 3 aromatic rings. The highest BCUT2D eigenvalue weighted by atomic mass is 32.1. The molecule has 0 radical (unpaired) electrons. The predicted molar refractivity (Wildman–Crippen MR) is 123 cm³/mol. The zero-order valence-electron chi connectivity index (χ0n) is 18.5. The van der Waals surface area contributed by atoms with Gasteiger partial charge in [-0.3, -0.25) is 10.1 Å². The molecule has 12 heteroatoms. The van der Waals surface area contributed by atoms with Gasteiger partial charge in [-0.05, 0) is 42.8 Å². The van der Waals surface area contributed by atoms with E-state index < -0.39 is 11.6 Å². The van der Waals surface area contributed by atoms with E-state index in [1.807, 2.05) is 12.1 Å². The first kappa shape index (κ1) is 22.8. The summed E-state index contributed by atoms with van der Waals surface area (Å²) in [5, 5.41) is 27.1. The molecule has 4 rings (SSSR count). The summed E-state index contributed by atoms with van der Waals surface area (Å²) >= 11 is 1.24. The number of ether oxygens (including phenoxy) is 3. The molecule has 174 valence electrons. The number of methoxy groups -OCH3 is 3. The fourth-order valence-corrected chi connectivity index (χ4v) is 4.49. The van der Waals surface area contributed by atoms with E-state index in [0.717, 1.165) is 18.7 Å². The van der Waals surface area contributed by atoms with Gasteiger partial charge in [0.1, 0.15) is 0 Å². The first-order chi connectivity index (χ1) is 16.1. The molecule has 1 unspecified atom stereocenters. The minimum Gasteiger partial charge on any atom is -0.493 e. The molecule has 1 amide bonds. The van der Waals surface area contributed by atoms with E-state index in [2.05, 4.69) is 36.3 Å². The quantitative estimate of drug-likeness (QED) is 0.425. The van der Waals surface area contributed by atoms with Crippen molar-refractivity contribution < 1.29 is 19.0 Å². The number of aromatic nitrogens is 4. The van der Waals surface area contributed by atoms with Crippen molar-refractivity contribution in [3.63, 3.8) is 0 Å². The summed E-state index contributed by atoms with van der Waals surface area (Å²) in [6, 6.07) is 8.97. The van der Waals surface area contributed by atoms with Gasteiger partial charge in [0, 0.05) is 19.9 Å². The molecule has 33 heavy (non-hydrogen) atoms. The normalized spacial score (nSPS) is 18.5. The summed E-state index contributed by atoms with van der Waals surface area (Å²) in [5.74, 6) is 0.695. The van der Waals surface area contributed by atoms with Crippen molar-refractivity contribution in [2.45, 2.75) is 18.1 Å². The second kappa shape index (κ2) is 10.1. The van der Waals surface area contributed by atoms with Gasteiger partial charge >= 0.3 is 0 Å². The summed E-state index contributed by atoms with van der Waals surface area (Å²) in [6.45, 7) is 1.52. The number of carbonyl (C=O) groups is 1. The maximum absolute atomic E-state index is 12.9. The summed E-state index contributed by atoms with van der Waals surface area (Å²) in [6.07, 6.45) is 1.59. The lowest BCUT2D eigenvalue weighted by molar-refractivity contribution is -0.126. The van der Waals surface area contributed by atoms with Gasteiger partial charge in [0.15, 0.2) is 17.6 Å². The second-order valence-corrected chi connectivity index (χ2v) is 8.35. The van der Waals surface area contributed by atoms with Gasteiger partial charge in [-0.2, -0.15) is 10.2 Å². The Morgan fingerprint density at radius 1 is 1.12 bits per heavy atom. The number of nitrogens with zero attached hydrogens (tertiary/aromatic N) is 4. The Morgan fingerprint density at radius 3 is 2.61 bits per heavy atom. The van der Waals surface area contributed by atoms with Crippen LogP contribution in [0.1, 0.15) is 23.8 Å². The molecule has 1 aliphatic heterocycles. The number of carbonyl (C=O) groups excluding carboxylic acids is 1. The molecule has 3 N–H and O–H groups in total. The lowest BCUT2D eigenvalue weighted by Gasteiger charge is -2.27. The van der Waals surface area contributed by atoms with Crippen LogP contribution in [0.4, 0.5) is 10.3 Å². The Morgan fingerprint density at radius 2 is 1.94 bits per heavy atom. The second-order valence-electron chi connectivity index (χ2n) is 7.37. The minimum absolute atomic E-state index is 0.352. The van der Waals surface area contributed by atoms with Gasteiger partial charge in [-0.15, -0.1) is 10.2 Å². The Bertz CT molecular complexity index is 1090. The van der Waals surface area contributed by atoms with Crippen molar-refractivity contribution in [1.29, 1.82) is 0 Å². The minimum atomic E-state index is -0.866. The smallest absolute Gasteiger partial charge is 0.259 e. The highest BCUT2D eigenvalue weighted by Gasteiger charge is 2.38. The van der Waals surface area contributed by atoms with Crippen molar-refractivity contribution in [1.82, 2.24) is 25.7 Å². The molecule has 2 atom stereocenters. The molecule has 11 nitrogen and oxygen atoms in total. The molecule has 0 spiro atoms. The first-order valence-electron chi connectivity index (χ1n) is 10.2. The van der Waals surface area contributed by atoms with E-state index in [1.54, 1.807) is 31.5 Å². The van der Waals surface area contributed by atoms with E-state index in [0.29, 0.717) is 33.9 Å². The fraction of sp³-hybridized carbons (Fsp3) is 0.381. The third-order valence-corrected chi connectivity index (χ3v) is 6.16. The average molecular weight is 472 g/mol. The highest BCUT2D eigenvalue weighted by molar-refractivity contribution is 7.19. The number of hydrogen-bond donors (Lipinski definition) is 3. The fourth-order valence-electron chi connectivity index (χ4n) is 3.75. The van der Waals surface area contributed by atoms with Crippen LogP contribution in [0.5, 0.6) is 11.5 Å². The summed E-state index contributed by atoms with van der Waals surface area (Å²) in [5.41, 5.74) is 1.00.